The molecule has 0 aliphatic carbocycles. The van der Waals surface area contributed by atoms with Crippen LogP contribution >= 0.6 is 0 Å². The van der Waals surface area contributed by atoms with Crippen LogP contribution < -0.4 is 5.73 Å². The van der Waals surface area contributed by atoms with E-state index in [-0.39, 0.29) is 11.6 Å². The first-order valence-corrected chi connectivity index (χ1v) is 5.77. The maximum absolute atomic E-state index is 13.9. The van der Waals surface area contributed by atoms with E-state index < -0.39 is 11.6 Å². The molecule has 0 aliphatic rings. The van der Waals surface area contributed by atoms with Crippen molar-refractivity contribution in [3.63, 3.8) is 0 Å². The summed E-state index contributed by atoms with van der Waals surface area (Å²) in [6.45, 7) is 1.89. The third-order valence-corrected chi connectivity index (χ3v) is 3.00. The average Bonchev–Trinajstić information content (AvgIpc) is 2.66. The van der Waals surface area contributed by atoms with Crippen LogP contribution in [0.25, 0.3) is 16.7 Å². The quantitative estimate of drug-likeness (QED) is 0.729. The van der Waals surface area contributed by atoms with E-state index in [1.807, 2.05) is 13.0 Å². The van der Waals surface area contributed by atoms with Gasteiger partial charge in [-0.15, -0.1) is 0 Å². The van der Waals surface area contributed by atoms with Crippen LogP contribution in [0.1, 0.15) is 5.56 Å². The zero-order valence-electron chi connectivity index (χ0n) is 10.2. The van der Waals surface area contributed by atoms with Gasteiger partial charge in [-0.2, -0.15) is 0 Å². The number of aromatic nitrogens is 2. The van der Waals surface area contributed by atoms with E-state index in [1.165, 1.54) is 22.8 Å². The summed E-state index contributed by atoms with van der Waals surface area (Å²) in [6, 6.07) is 9.14. The van der Waals surface area contributed by atoms with Gasteiger partial charge in [0.1, 0.15) is 17.3 Å². The van der Waals surface area contributed by atoms with Gasteiger partial charge in [0, 0.05) is 0 Å². The van der Waals surface area contributed by atoms with Crippen LogP contribution in [0, 0.1) is 18.6 Å². The molecule has 2 aromatic carbocycles. The van der Waals surface area contributed by atoms with Gasteiger partial charge in [0.25, 0.3) is 0 Å². The highest BCUT2D eigenvalue weighted by Crippen LogP contribution is 2.27. The van der Waals surface area contributed by atoms with Crippen molar-refractivity contribution < 1.29 is 8.78 Å². The molecular formula is C14H11F2N3. The van der Waals surface area contributed by atoms with Gasteiger partial charge in [-0.3, -0.25) is 4.57 Å². The third-order valence-electron chi connectivity index (χ3n) is 3.00. The molecule has 3 nitrogen and oxygen atoms in total. The minimum Gasteiger partial charge on any atom is -0.369 e. The van der Waals surface area contributed by atoms with E-state index in [1.54, 1.807) is 12.1 Å². The smallest absolute Gasteiger partial charge is 0.206 e. The first-order chi connectivity index (χ1) is 9.08. The lowest BCUT2D eigenvalue weighted by Gasteiger charge is -2.09. The predicted octanol–water partition coefficient (Wildman–Crippen LogP) is 3.19. The number of nitrogen functional groups attached to an aromatic ring is 1. The Morgan fingerprint density at radius 1 is 1.11 bits per heavy atom. The number of anilines is 1. The molecule has 0 aliphatic heterocycles. The molecule has 0 unspecified atom stereocenters. The number of hydrogen-bond donors (Lipinski definition) is 1. The van der Waals surface area contributed by atoms with Gasteiger partial charge < -0.3 is 5.73 Å². The van der Waals surface area contributed by atoms with Crippen molar-refractivity contribution in [2.24, 2.45) is 0 Å². The number of nitrogens with two attached hydrogens (primary N) is 1. The molecule has 0 spiro atoms. The number of imidazole rings is 1. The highest BCUT2D eigenvalue weighted by molar-refractivity contribution is 5.81. The van der Waals surface area contributed by atoms with Crippen LogP contribution in [-0.2, 0) is 0 Å². The minimum absolute atomic E-state index is 0.0598. The number of nitrogens with zero attached hydrogens (tertiary/aromatic N) is 2. The lowest BCUT2D eigenvalue weighted by Crippen LogP contribution is -2.05. The van der Waals surface area contributed by atoms with Gasteiger partial charge in [0.2, 0.25) is 5.95 Å². The van der Waals surface area contributed by atoms with Crippen molar-refractivity contribution in [2.75, 3.05) is 5.73 Å². The van der Waals surface area contributed by atoms with E-state index in [0.29, 0.717) is 11.0 Å². The van der Waals surface area contributed by atoms with E-state index >= 15 is 0 Å². The summed E-state index contributed by atoms with van der Waals surface area (Å²) in [5.41, 5.74) is 7.74. The van der Waals surface area contributed by atoms with Crippen LogP contribution in [0.2, 0.25) is 0 Å². The zero-order valence-corrected chi connectivity index (χ0v) is 10.2. The van der Waals surface area contributed by atoms with Gasteiger partial charge in [0.05, 0.1) is 11.0 Å². The van der Waals surface area contributed by atoms with Crippen molar-refractivity contribution in [3.8, 4) is 5.69 Å². The Bertz CT molecular complexity index is 757. The van der Waals surface area contributed by atoms with E-state index in [4.69, 9.17) is 5.73 Å². The number of benzene rings is 2. The molecule has 0 atom stereocenters. The Labute approximate surface area is 108 Å². The number of aryl methyl sites for hydroxylation is 1. The summed E-state index contributed by atoms with van der Waals surface area (Å²) in [4.78, 5) is 4.12. The number of para-hydroxylation sites is 1. The lowest BCUT2D eigenvalue weighted by molar-refractivity contribution is 0.572. The Morgan fingerprint density at radius 3 is 2.47 bits per heavy atom. The van der Waals surface area contributed by atoms with Gasteiger partial charge in [0.15, 0.2) is 0 Å². The normalized spacial score (nSPS) is 11.1. The predicted molar refractivity (Wildman–Crippen MR) is 70.1 cm³/mol. The molecular weight excluding hydrogens is 248 g/mol. The maximum atomic E-state index is 13.9. The monoisotopic (exact) mass is 259 g/mol. The second-order valence-corrected chi connectivity index (χ2v) is 4.37. The highest BCUT2D eigenvalue weighted by Gasteiger charge is 2.17. The van der Waals surface area contributed by atoms with E-state index in [0.717, 1.165) is 5.56 Å². The number of hydrogen-bond acceptors (Lipinski definition) is 2. The topological polar surface area (TPSA) is 43.8 Å². The van der Waals surface area contributed by atoms with Crippen molar-refractivity contribution in [1.82, 2.24) is 9.55 Å². The van der Waals surface area contributed by atoms with Crippen molar-refractivity contribution >= 4 is 17.0 Å². The van der Waals surface area contributed by atoms with Crippen LogP contribution in [0.5, 0.6) is 0 Å². The number of halogens is 2. The molecule has 1 aromatic heterocycles. The zero-order chi connectivity index (χ0) is 13.6. The van der Waals surface area contributed by atoms with Crippen molar-refractivity contribution in [3.05, 3.63) is 53.6 Å². The second-order valence-electron chi connectivity index (χ2n) is 4.37. The molecule has 0 amide bonds. The summed E-state index contributed by atoms with van der Waals surface area (Å²) in [7, 11) is 0. The van der Waals surface area contributed by atoms with Gasteiger partial charge in [-0.1, -0.05) is 12.1 Å². The highest BCUT2D eigenvalue weighted by atomic mass is 19.1. The van der Waals surface area contributed by atoms with Crippen LogP contribution in [0.4, 0.5) is 14.7 Å². The summed E-state index contributed by atoms with van der Waals surface area (Å²) in [6.07, 6.45) is 0. The minimum atomic E-state index is -0.674. The third kappa shape index (κ3) is 1.74. The fourth-order valence-corrected chi connectivity index (χ4v) is 2.14. The van der Waals surface area contributed by atoms with Gasteiger partial charge >= 0.3 is 0 Å². The molecule has 96 valence electrons. The Hall–Kier alpha value is -2.43. The van der Waals surface area contributed by atoms with Crippen molar-refractivity contribution in [1.29, 1.82) is 0 Å². The number of rotatable bonds is 1. The molecule has 2 N–H and O–H groups in total. The lowest BCUT2D eigenvalue weighted by atomic mass is 10.2. The molecule has 0 radical (unpaired) electrons. The van der Waals surface area contributed by atoms with Gasteiger partial charge in [-0.05, 0) is 36.8 Å². The first kappa shape index (κ1) is 11.6. The Kier molecular flexibility index (Phi) is 2.48. The average molecular weight is 259 g/mol. The SMILES string of the molecule is Cc1ccc2nc(N)n(-c3c(F)cccc3F)c2c1. The van der Waals surface area contributed by atoms with E-state index in [2.05, 4.69) is 4.98 Å². The molecule has 0 saturated carbocycles. The van der Waals surface area contributed by atoms with Crippen LogP contribution in [-0.4, -0.2) is 9.55 Å². The molecule has 0 saturated heterocycles. The molecule has 3 aromatic rings. The summed E-state index contributed by atoms with van der Waals surface area (Å²) in [5, 5.41) is 0. The second kappa shape index (κ2) is 4.05. The van der Waals surface area contributed by atoms with Crippen LogP contribution in [0.15, 0.2) is 36.4 Å². The van der Waals surface area contributed by atoms with Crippen molar-refractivity contribution in [2.45, 2.75) is 6.92 Å². The summed E-state index contributed by atoms with van der Waals surface area (Å²) < 4.78 is 29.1. The Balaban J connectivity index is 2.42. The molecule has 0 bridgehead atoms. The van der Waals surface area contributed by atoms with Crippen LogP contribution in [0.3, 0.4) is 0 Å². The molecule has 1 heterocycles. The molecule has 3 rings (SSSR count). The maximum Gasteiger partial charge on any atom is 0.206 e. The fourth-order valence-electron chi connectivity index (χ4n) is 2.14. The summed E-state index contributed by atoms with van der Waals surface area (Å²) >= 11 is 0. The number of fused-ring (bicyclic) bond motifs is 1. The largest absolute Gasteiger partial charge is 0.369 e. The Morgan fingerprint density at radius 2 is 1.79 bits per heavy atom. The summed E-state index contributed by atoms with van der Waals surface area (Å²) in [5.74, 6) is -1.29. The standard InChI is InChI=1S/C14H11F2N3/c1-8-5-6-11-12(7-8)19(14(17)18-11)13-9(15)3-2-4-10(13)16/h2-7H,1H3,(H2,17,18). The molecule has 19 heavy (non-hydrogen) atoms. The first-order valence-electron chi connectivity index (χ1n) is 5.77. The fraction of sp³-hybridized carbons (Fsp3) is 0.0714. The molecule has 5 heteroatoms. The molecule has 0 fully saturated rings. The van der Waals surface area contributed by atoms with Gasteiger partial charge in [-0.25, -0.2) is 13.8 Å². The van der Waals surface area contributed by atoms with E-state index in [9.17, 15) is 8.78 Å².